The van der Waals surface area contributed by atoms with Crippen molar-refractivity contribution in [1.29, 1.82) is 0 Å². The van der Waals surface area contributed by atoms with Gasteiger partial charge < -0.3 is 5.11 Å². The lowest BCUT2D eigenvalue weighted by Gasteiger charge is -2.14. The Balaban J connectivity index is 2.50. The number of halogens is 2. The summed E-state index contributed by atoms with van der Waals surface area (Å²) in [6, 6.07) is 3.92. The van der Waals surface area contributed by atoms with Gasteiger partial charge in [0.2, 0.25) is 0 Å². The topological polar surface area (TPSA) is 50.9 Å². The lowest BCUT2D eigenvalue weighted by molar-refractivity contribution is 0.209. The van der Waals surface area contributed by atoms with Crippen LogP contribution in [0.5, 0.6) is 0 Å². The highest BCUT2D eigenvalue weighted by atomic mass is 79.9. The summed E-state index contributed by atoms with van der Waals surface area (Å²) in [5.41, 5.74) is 3.67. The molecule has 1 heterocycles. The third-order valence-corrected chi connectivity index (χ3v) is 4.68. The zero-order valence-electron chi connectivity index (χ0n) is 10.3. The molecular weight excluding hydrogens is 362 g/mol. The van der Waals surface area contributed by atoms with Crippen LogP contribution in [0.3, 0.4) is 0 Å². The summed E-state index contributed by atoms with van der Waals surface area (Å²) in [6.07, 6.45) is -0.745. The van der Waals surface area contributed by atoms with Gasteiger partial charge in [0.05, 0.1) is 0 Å². The first-order valence-electron chi connectivity index (χ1n) is 5.41. The van der Waals surface area contributed by atoms with Crippen LogP contribution in [-0.4, -0.2) is 20.1 Å². The molecule has 0 fully saturated rings. The quantitative estimate of drug-likeness (QED) is 0.878. The molecule has 1 aromatic heterocycles. The van der Waals surface area contributed by atoms with E-state index in [2.05, 4.69) is 42.2 Å². The van der Waals surface area contributed by atoms with Gasteiger partial charge in [0.15, 0.2) is 4.60 Å². The van der Waals surface area contributed by atoms with Crippen molar-refractivity contribution in [3.05, 3.63) is 43.6 Å². The third kappa shape index (κ3) is 2.37. The van der Waals surface area contributed by atoms with Gasteiger partial charge in [-0.3, -0.25) is 0 Å². The molecule has 1 unspecified atom stereocenters. The van der Waals surface area contributed by atoms with Crippen molar-refractivity contribution >= 4 is 31.9 Å². The average Bonchev–Trinajstić information content (AvgIpc) is 2.64. The second kappa shape index (κ2) is 5.11. The van der Waals surface area contributed by atoms with Crippen LogP contribution in [0.15, 0.2) is 21.2 Å². The molecule has 1 atom stereocenters. The molecule has 0 radical (unpaired) electrons. The Labute approximate surface area is 122 Å². The molecule has 0 bridgehead atoms. The van der Waals surface area contributed by atoms with Gasteiger partial charge in [-0.25, -0.2) is 4.68 Å². The van der Waals surface area contributed by atoms with Crippen LogP contribution < -0.4 is 0 Å². The molecule has 4 nitrogen and oxygen atoms in total. The molecule has 18 heavy (non-hydrogen) atoms. The fourth-order valence-corrected chi connectivity index (χ4v) is 2.70. The highest BCUT2D eigenvalue weighted by Gasteiger charge is 2.20. The standard InChI is InChI=1S/C12H13Br2N3O/c1-6-4-8(5-7(2)9(6)13)11(18)10-12(14)15-16-17(10)3/h4-5,11,18H,1-3H3. The second-order valence-electron chi connectivity index (χ2n) is 4.26. The summed E-state index contributed by atoms with van der Waals surface area (Å²) in [4.78, 5) is 0. The van der Waals surface area contributed by atoms with E-state index in [4.69, 9.17) is 0 Å². The lowest BCUT2D eigenvalue weighted by atomic mass is 10.0. The highest BCUT2D eigenvalue weighted by Crippen LogP contribution is 2.30. The van der Waals surface area contributed by atoms with Crippen molar-refractivity contribution in [3.63, 3.8) is 0 Å². The minimum atomic E-state index is -0.745. The number of nitrogens with zero attached hydrogens (tertiary/aromatic N) is 3. The van der Waals surface area contributed by atoms with Crippen molar-refractivity contribution in [2.75, 3.05) is 0 Å². The Morgan fingerprint density at radius 3 is 2.22 bits per heavy atom. The van der Waals surface area contributed by atoms with Crippen LogP contribution >= 0.6 is 31.9 Å². The van der Waals surface area contributed by atoms with Gasteiger partial charge in [-0.2, -0.15) is 0 Å². The normalized spacial score (nSPS) is 12.8. The molecule has 0 saturated heterocycles. The van der Waals surface area contributed by atoms with Crippen molar-refractivity contribution in [1.82, 2.24) is 15.0 Å². The first kappa shape index (κ1) is 13.7. The Morgan fingerprint density at radius 2 is 1.78 bits per heavy atom. The van der Waals surface area contributed by atoms with Crippen molar-refractivity contribution in [2.45, 2.75) is 20.0 Å². The SMILES string of the molecule is Cc1cc(C(O)c2c(Br)nnn2C)cc(C)c1Br. The van der Waals surface area contributed by atoms with Crippen LogP contribution in [0, 0.1) is 13.8 Å². The summed E-state index contributed by atoms with van der Waals surface area (Å²) in [6.45, 7) is 4.01. The molecule has 96 valence electrons. The maximum absolute atomic E-state index is 10.4. The monoisotopic (exact) mass is 373 g/mol. The van der Waals surface area contributed by atoms with E-state index in [0.717, 1.165) is 21.2 Å². The summed E-state index contributed by atoms with van der Waals surface area (Å²) < 4.78 is 3.21. The fraction of sp³-hybridized carbons (Fsp3) is 0.333. The molecule has 0 spiro atoms. The van der Waals surface area contributed by atoms with Crippen molar-refractivity contribution < 1.29 is 5.11 Å². The zero-order chi connectivity index (χ0) is 13.4. The van der Waals surface area contributed by atoms with Crippen LogP contribution in [0.1, 0.15) is 28.5 Å². The summed E-state index contributed by atoms with van der Waals surface area (Å²) >= 11 is 6.82. The predicted molar refractivity (Wildman–Crippen MR) is 76.4 cm³/mol. The van der Waals surface area contributed by atoms with E-state index < -0.39 is 6.10 Å². The van der Waals surface area contributed by atoms with Crippen LogP contribution in [-0.2, 0) is 7.05 Å². The fourth-order valence-electron chi connectivity index (χ4n) is 1.92. The molecular formula is C12H13Br2N3O. The lowest BCUT2D eigenvalue weighted by Crippen LogP contribution is -2.08. The van der Waals surface area contributed by atoms with Gasteiger partial charge >= 0.3 is 0 Å². The Morgan fingerprint density at radius 1 is 1.22 bits per heavy atom. The maximum Gasteiger partial charge on any atom is 0.154 e. The largest absolute Gasteiger partial charge is 0.382 e. The molecule has 2 rings (SSSR count). The number of rotatable bonds is 2. The number of aryl methyl sites for hydroxylation is 3. The van der Waals surface area contributed by atoms with E-state index in [-0.39, 0.29) is 0 Å². The molecule has 0 aliphatic carbocycles. The number of aliphatic hydroxyl groups is 1. The third-order valence-electron chi connectivity index (χ3n) is 2.86. The Hall–Kier alpha value is -0.720. The van der Waals surface area contributed by atoms with E-state index in [9.17, 15) is 5.11 Å². The van der Waals surface area contributed by atoms with E-state index in [1.54, 1.807) is 11.7 Å². The van der Waals surface area contributed by atoms with Crippen molar-refractivity contribution in [2.24, 2.45) is 7.05 Å². The first-order valence-corrected chi connectivity index (χ1v) is 7.00. The van der Waals surface area contributed by atoms with Gasteiger partial charge in [-0.05, 0) is 46.5 Å². The maximum atomic E-state index is 10.4. The summed E-state index contributed by atoms with van der Waals surface area (Å²) in [7, 11) is 1.76. The first-order chi connectivity index (χ1) is 8.41. The number of aliphatic hydroxyl groups excluding tert-OH is 1. The van der Waals surface area contributed by atoms with E-state index >= 15 is 0 Å². The van der Waals surface area contributed by atoms with Gasteiger partial charge in [-0.15, -0.1) is 5.10 Å². The Bertz CT molecular complexity index is 552. The van der Waals surface area contributed by atoms with E-state index in [1.165, 1.54) is 0 Å². The highest BCUT2D eigenvalue weighted by molar-refractivity contribution is 9.10. The van der Waals surface area contributed by atoms with Crippen LogP contribution in [0.2, 0.25) is 0 Å². The minimum absolute atomic E-state index is 0.565. The van der Waals surface area contributed by atoms with Gasteiger partial charge in [0.25, 0.3) is 0 Å². The number of aromatic nitrogens is 3. The van der Waals surface area contributed by atoms with Gasteiger partial charge in [0.1, 0.15) is 11.8 Å². The van der Waals surface area contributed by atoms with Crippen LogP contribution in [0.4, 0.5) is 0 Å². The smallest absolute Gasteiger partial charge is 0.154 e. The number of hydrogen-bond acceptors (Lipinski definition) is 3. The van der Waals surface area contributed by atoms with E-state index in [1.807, 2.05) is 26.0 Å². The van der Waals surface area contributed by atoms with Gasteiger partial charge in [0, 0.05) is 11.5 Å². The Kier molecular flexibility index (Phi) is 3.89. The molecule has 0 saturated carbocycles. The second-order valence-corrected chi connectivity index (χ2v) is 5.80. The predicted octanol–water partition coefficient (Wildman–Crippen LogP) is 3.04. The van der Waals surface area contributed by atoms with Crippen LogP contribution in [0.25, 0.3) is 0 Å². The molecule has 0 aliphatic rings. The number of hydrogen-bond donors (Lipinski definition) is 1. The van der Waals surface area contributed by atoms with E-state index in [0.29, 0.717) is 10.3 Å². The molecule has 0 amide bonds. The minimum Gasteiger partial charge on any atom is -0.382 e. The molecule has 6 heteroatoms. The molecule has 1 aromatic carbocycles. The van der Waals surface area contributed by atoms with Gasteiger partial charge in [-0.1, -0.05) is 33.3 Å². The zero-order valence-corrected chi connectivity index (χ0v) is 13.4. The van der Waals surface area contributed by atoms with Crippen molar-refractivity contribution in [3.8, 4) is 0 Å². The number of benzene rings is 1. The summed E-state index contributed by atoms with van der Waals surface area (Å²) in [5, 5.41) is 18.2. The average molecular weight is 375 g/mol. The molecule has 2 aromatic rings. The molecule has 0 aliphatic heterocycles. The summed E-state index contributed by atoms with van der Waals surface area (Å²) in [5.74, 6) is 0. The molecule has 1 N–H and O–H groups in total.